The molecule has 2 N–H and O–H groups in total. The lowest BCUT2D eigenvalue weighted by atomic mass is 10.2. The minimum atomic E-state index is -0.226. The number of aromatic nitrogens is 2. The predicted molar refractivity (Wildman–Crippen MR) is 140 cm³/mol. The van der Waals surface area contributed by atoms with E-state index >= 15 is 0 Å². The summed E-state index contributed by atoms with van der Waals surface area (Å²) in [5.74, 6) is 0.387. The number of carbonyl (C=O) groups is 2. The standard InChI is InChI=1S/C27H27N5O3S/c1-35-23-12-10-21(11-13-23)30-27-31-24(19-36-27)26(34)32(18-20-7-3-2-4-8-20)16-14-25(33)29-17-22-9-5-6-15-28-22/h2-13,15,19H,14,16-18H2,1H3,(H,29,33)(H,30,31). The molecule has 8 nitrogen and oxygen atoms in total. The topological polar surface area (TPSA) is 96.5 Å². The summed E-state index contributed by atoms with van der Waals surface area (Å²) in [6.45, 7) is 0.991. The first kappa shape index (κ1) is 24.9. The highest BCUT2D eigenvalue weighted by Gasteiger charge is 2.20. The fraction of sp³-hybridized carbons (Fsp3) is 0.185. The number of nitrogens with zero attached hydrogens (tertiary/aromatic N) is 3. The van der Waals surface area contributed by atoms with E-state index in [1.165, 1.54) is 11.3 Å². The van der Waals surface area contributed by atoms with Crippen molar-refractivity contribution in [3.63, 3.8) is 0 Å². The van der Waals surface area contributed by atoms with Gasteiger partial charge in [0.15, 0.2) is 5.13 Å². The molecule has 4 aromatic rings. The molecule has 2 aromatic carbocycles. The highest BCUT2D eigenvalue weighted by Crippen LogP contribution is 2.24. The number of carbonyl (C=O) groups excluding carboxylic acids is 2. The third kappa shape index (κ3) is 7.13. The van der Waals surface area contributed by atoms with Gasteiger partial charge in [-0.2, -0.15) is 0 Å². The number of pyridine rings is 1. The first-order valence-corrected chi connectivity index (χ1v) is 12.3. The Kier molecular flexibility index (Phi) is 8.61. The van der Waals surface area contributed by atoms with Crippen molar-refractivity contribution in [3.8, 4) is 5.75 Å². The summed E-state index contributed by atoms with van der Waals surface area (Å²) < 4.78 is 5.19. The van der Waals surface area contributed by atoms with E-state index in [-0.39, 0.29) is 24.8 Å². The summed E-state index contributed by atoms with van der Waals surface area (Å²) in [5, 5.41) is 8.41. The van der Waals surface area contributed by atoms with Crippen molar-refractivity contribution < 1.29 is 14.3 Å². The largest absolute Gasteiger partial charge is 0.497 e. The number of benzene rings is 2. The van der Waals surface area contributed by atoms with Gasteiger partial charge in [0.1, 0.15) is 11.4 Å². The van der Waals surface area contributed by atoms with Crippen LogP contribution in [0.1, 0.15) is 28.2 Å². The first-order valence-electron chi connectivity index (χ1n) is 11.5. The molecular formula is C27H27N5O3S. The number of hydrogen-bond acceptors (Lipinski definition) is 7. The van der Waals surface area contributed by atoms with E-state index in [1.807, 2.05) is 72.8 Å². The van der Waals surface area contributed by atoms with Gasteiger partial charge in [0.2, 0.25) is 5.91 Å². The van der Waals surface area contributed by atoms with Gasteiger partial charge in [0.05, 0.1) is 19.3 Å². The summed E-state index contributed by atoms with van der Waals surface area (Å²) >= 11 is 1.35. The molecule has 0 atom stereocenters. The van der Waals surface area contributed by atoms with Crippen molar-refractivity contribution in [1.82, 2.24) is 20.2 Å². The number of rotatable bonds is 11. The van der Waals surface area contributed by atoms with Gasteiger partial charge in [-0.1, -0.05) is 36.4 Å². The van der Waals surface area contributed by atoms with Crippen molar-refractivity contribution in [3.05, 3.63) is 101 Å². The zero-order valence-corrected chi connectivity index (χ0v) is 20.7. The zero-order valence-electron chi connectivity index (χ0n) is 19.9. The zero-order chi connectivity index (χ0) is 25.2. The maximum Gasteiger partial charge on any atom is 0.273 e. The van der Waals surface area contributed by atoms with Crippen molar-refractivity contribution in [2.75, 3.05) is 19.0 Å². The highest BCUT2D eigenvalue weighted by atomic mass is 32.1. The average molecular weight is 502 g/mol. The molecule has 0 fully saturated rings. The Morgan fingerprint density at radius 1 is 1.00 bits per heavy atom. The van der Waals surface area contributed by atoms with Gasteiger partial charge in [-0.15, -0.1) is 11.3 Å². The van der Waals surface area contributed by atoms with E-state index in [9.17, 15) is 9.59 Å². The van der Waals surface area contributed by atoms with E-state index in [0.29, 0.717) is 23.9 Å². The van der Waals surface area contributed by atoms with Crippen LogP contribution >= 0.6 is 11.3 Å². The molecule has 0 bridgehead atoms. The van der Waals surface area contributed by atoms with Gasteiger partial charge in [-0.3, -0.25) is 14.6 Å². The fourth-order valence-electron chi connectivity index (χ4n) is 3.46. The van der Waals surface area contributed by atoms with Crippen LogP contribution in [-0.2, 0) is 17.9 Å². The molecule has 0 unspecified atom stereocenters. The van der Waals surface area contributed by atoms with E-state index in [0.717, 1.165) is 22.7 Å². The first-order chi connectivity index (χ1) is 17.6. The van der Waals surface area contributed by atoms with Crippen LogP contribution in [0.2, 0.25) is 0 Å². The molecule has 9 heteroatoms. The summed E-state index contributed by atoms with van der Waals surface area (Å²) in [5.41, 5.74) is 2.93. The van der Waals surface area contributed by atoms with Crippen LogP contribution in [0.4, 0.5) is 10.8 Å². The number of ether oxygens (including phenoxy) is 1. The summed E-state index contributed by atoms with van der Waals surface area (Å²) in [6, 6.07) is 22.7. The minimum Gasteiger partial charge on any atom is -0.497 e. The second-order valence-corrected chi connectivity index (χ2v) is 8.81. The van der Waals surface area contributed by atoms with Crippen LogP contribution in [0.3, 0.4) is 0 Å². The lowest BCUT2D eigenvalue weighted by molar-refractivity contribution is -0.121. The Morgan fingerprint density at radius 3 is 2.50 bits per heavy atom. The maximum atomic E-state index is 13.4. The monoisotopic (exact) mass is 501 g/mol. The lowest BCUT2D eigenvalue weighted by Crippen LogP contribution is -2.35. The highest BCUT2D eigenvalue weighted by molar-refractivity contribution is 7.14. The Bertz CT molecular complexity index is 1260. The molecule has 4 rings (SSSR count). The van der Waals surface area contributed by atoms with Crippen molar-refractivity contribution in [1.29, 1.82) is 0 Å². The molecule has 0 aliphatic carbocycles. The van der Waals surface area contributed by atoms with Gasteiger partial charge in [0.25, 0.3) is 5.91 Å². The molecule has 0 saturated carbocycles. The number of thiazole rings is 1. The van der Waals surface area contributed by atoms with Crippen molar-refractivity contribution >= 4 is 34.0 Å². The molecular weight excluding hydrogens is 474 g/mol. The third-order valence-electron chi connectivity index (χ3n) is 5.37. The van der Waals surface area contributed by atoms with Crippen LogP contribution in [-0.4, -0.2) is 40.3 Å². The number of amides is 2. The van der Waals surface area contributed by atoms with E-state index in [4.69, 9.17) is 4.74 Å². The Balaban J connectivity index is 1.40. The Morgan fingerprint density at radius 2 is 1.78 bits per heavy atom. The van der Waals surface area contributed by atoms with Crippen LogP contribution in [0.5, 0.6) is 5.75 Å². The predicted octanol–water partition coefficient (Wildman–Crippen LogP) is 4.64. The molecule has 0 radical (unpaired) electrons. The summed E-state index contributed by atoms with van der Waals surface area (Å²) in [6.07, 6.45) is 1.86. The maximum absolute atomic E-state index is 13.4. The minimum absolute atomic E-state index is 0.147. The van der Waals surface area contributed by atoms with Gasteiger partial charge >= 0.3 is 0 Å². The number of hydrogen-bond donors (Lipinski definition) is 2. The molecule has 0 spiro atoms. The van der Waals surface area contributed by atoms with Gasteiger partial charge in [-0.25, -0.2) is 4.98 Å². The quantitative estimate of drug-likeness (QED) is 0.311. The van der Waals surface area contributed by atoms with E-state index in [2.05, 4.69) is 20.6 Å². The van der Waals surface area contributed by atoms with Gasteiger partial charge < -0.3 is 20.3 Å². The second-order valence-electron chi connectivity index (χ2n) is 7.95. The fourth-order valence-corrected chi connectivity index (χ4v) is 4.17. The lowest BCUT2D eigenvalue weighted by Gasteiger charge is -2.22. The summed E-state index contributed by atoms with van der Waals surface area (Å²) in [4.78, 5) is 36.2. The molecule has 2 aromatic heterocycles. The van der Waals surface area contributed by atoms with Crippen molar-refractivity contribution in [2.45, 2.75) is 19.5 Å². The number of nitrogens with one attached hydrogen (secondary N) is 2. The molecule has 0 aliphatic heterocycles. The van der Waals surface area contributed by atoms with E-state index in [1.54, 1.807) is 23.6 Å². The number of anilines is 2. The molecule has 2 amide bonds. The van der Waals surface area contributed by atoms with Gasteiger partial charge in [0, 0.05) is 36.8 Å². The van der Waals surface area contributed by atoms with Crippen LogP contribution in [0, 0.1) is 0 Å². The SMILES string of the molecule is COc1ccc(Nc2nc(C(=O)N(CCC(=O)NCc3ccccn3)Cc3ccccc3)cs2)cc1. The molecule has 36 heavy (non-hydrogen) atoms. The second kappa shape index (κ2) is 12.5. The Labute approximate surface area is 214 Å². The molecule has 0 saturated heterocycles. The van der Waals surface area contributed by atoms with Crippen LogP contribution in [0.15, 0.2) is 84.4 Å². The average Bonchev–Trinajstić information content (AvgIpc) is 3.39. The summed E-state index contributed by atoms with van der Waals surface area (Å²) in [7, 11) is 1.62. The van der Waals surface area contributed by atoms with Crippen molar-refractivity contribution in [2.24, 2.45) is 0 Å². The third-order valence-corrected chi connectivity index (χ3v) is 6.13. The van der Waals surface area contributed by atoms with Gasteiger partial charge in [-0.05, 0) is 42.0 Å². The molecule has 184 valence electrons. The Hall–Kier alpha value is -4.24. The smallest absolute Gasteiger partial charge is 0.273 e. The van der Waals surface area contributed by atoms with E-state index < -0.39 is 0 Å². The molecule has 2 heterocycles. The molecule has 0 aliphatic rings. The van der Waals surface area contributed by atoms with Crippen LogP contribution in [0.25, 0.3) is 0 Å². The van der Waals surface area contributed by atoms with Crippen LogP contribution < -0.4 is 15.4 Å². The normalized spacial score (nSPS) is 10.5. The number of methoxy groups -OCH3 is 1.